The van der Waals surface area contributed by atoms with Gasteiger partial charge in [-0.25, -0.2) is 4.99 Å². The molecule has 1 N–H and O–H groups in total. The summed E-state index contributed by atoms with van der Waals surface area (Å²) in [6.07, 6.45) is 1.69. The lowest BCUT2D eigenvalue weighted by Gasteiger charge is -2.25. The number of hydrogen-bond donors (Lipinski definition) is 1. The van der Waals surface area contributed by atoms with E-state index in [2.05, 4.69) is 26.2 Å². The smallest absolute Gasteiger partial charge is 0.271 e. The average Bonchev–Trinajstić information content (AvgIpc) is 3.41. The van der Waals surface area contributed by atoms with Crippen LogP contribution in [-0.2, 0) is 4.79 Å². The predicted molar refractivity (Wildman–Crippen MR) is 143 cm³/mol. The quantitative estimate of drug-likeness (QED) is 0.370. The summed E-state index contributed by atoms with van der Waals surface area (Å²) in [5.74, 6) is 0.945. The van der Waals surface area contributed by atoms with Crippen LogP contribution in [0.3, 0.4) is 0 Å². The van der Waals surface area contributed by atoms with E-state index in [9.17, 15) is 9.59 Å². The molecule has 0 aliphatic carbocycles. The Morgan fingerprint density at radius 1 is 1.17 bits per heavy atom. The van der Waals surface area contributed by atoms with Crippen LogP contribution in [0.5, 0.6) is 5.75 Å². The molecular weight excluding hydrogens is 542 g/mol. The average molecular weight is 564 g/mol. The molecule has 0 saturated heterocycles. The zero-order valence-electron chi connectivity index (χ0n) is 19.5. The van der Waals surface area contributed by atoms with Crippen molar-refractivity contribution < 1.29 is 13.9 Å². The highest BCUT2D eigenvalue weighted by Gasteiger charge is 2.32. The number of thiazole rings is 1. The topological polar surface area (TPSA) is 85.8 Å². The number of carbonyl (C=O) groups excluding carboxylic acids is 1. The Hall–Kier alpha value is -3.69. The van der Waals surface area contributed by atoms with Crippen molar-refractivity contribution in [3.63, 3.8) is 0 Å². The number of carbonyl (C=O) groups is 1. The number of fused-ring (bicyclic) bond motifs is 1. The second kappa shape index (κ2) is 10.1. The summed E-state index contributed by atoms with van der Waals surface area (Å²) in [4.78, 5) is 32.4. The van der Waals surface area contributed by atoms with Gasteiger partial charge in [0.2, 0.25) is 0 Å². The van der Waals surface area contributed by atoms with Gasteiger partial charge >= 0.3 is 0 Å². The molecule has 0 radical (unpaired) electrons. The molecule has 0 saturated carbocycles. The maximum absolute atomic E-state index is 13.7. The highest BCUT2D eigenvalue weighted by atomic mass is 79.9. The third-order valence-corrected chi connectivity index (χ3v) is 7.08. The van der Waals surface area contributed by atoms with Gasteiger partial charge in [-0.05, 0) is 71.7 Å². The molecule has 1 amide bonds. The fourth-order valence-electron chi connectivity index (χ4n) is 4.10. The van der Waals surface area contributed by atoms with E-state index in [0.29, 0.717) is 49.1 Å². The minimum Gasteiger partial charge on any atom is -0.494 e. The molecule has 182 valence electrons. The third-order valence-electron chi connectivity index (χ3n) is 5.67. The Kier molecular flexibility index (Phi) is 6.75. The minimum absolute atomic E-state index is 0.248. The molecule has 2 aromatic carbocycles. The van der Waals surface area contributed by atoms with Gasteiger partial charge in [0.05, 0.1) is 28.5 Å². The summed E-state index contributed by atoms with van der Waals surface area (Å²) in [6.45, 7) is 4.26. The van der Waals surface area contributed by atoms with Crippen LogP contribution in [-0.4, -0.2) is 17.1 Å². The Bertz CT molecular complexity index is 1630. The molecule has 3 heterocycles. The van der Waals surface area contributed by atoms with Gasteiger partial charge in [0.1, 0.15) is 11.5 Å². The first-order valence-corrected chi connectivity index (χ1v) is 12.9. The number of rotatable bonds is 6. The summed E-state index contributed by atoms with van der Waals surface area (Å²) in [7, 11) is 0. The fourth-order valence-corrected chi connectivity index (χ4v) is 5.44. The molecule has 4 aromatic rings. The van der Waals surface area contributed by atoms with E-state index in [-0.39, 0.29) is 11.5 Å². The summed E-state index contributed by atoms with van der Waals surface area (Å²) < 4.78 is 13.8. The number of anilines is 1. The molecule has 0 bridgehead atoms. The number of furan rings is 1. The first kappa shape index (κ1) is 24.0. The highest BCUT2D eigenvalue weighted by Crippen LogP contribution is 2.31. The van der Waals surface area contributed by atoms with Crippen LogP contribution in [0, 0.1) is 0 Å². The number of nitrogens with zero attached hydrogens (tertiary/aromatic N) is 2. The number of aromatic nitrogens is 1. The summed E-state index contributed by atoms with van der Waals surface area (Å²) >= 11 is 4.55. The first-order valence-electron chi connectivity index (χ1n) is 11.3. The number of hydrogen-bond acceptors (Lipinski definition) is 6. The Balaban J connectivity index is 1.66. The molecule has 1 aliphatic heterocycles. The SMILES string of the molecule is CCOc1ccc([C@H]2C(C(=O)Nc3ccccc3)=C(C)N=c3s/c(=C\c4ccc(Br)o4)c(=O)n32)cc1. The molecular formula is C27H22BrN3O4S. The number of allylic oxidation sites excluding steroid dienone is 1. The maximum Gasteiger partial charge on any atom is 0.271 e. The van der Waals surface area contributed by atoms with E-state index in [4.69, 9.17) is 9.15 Å². The number of nitrogens with one attached hydrogen (secondary N) is 1. The second-order valence-corrected chi connectivity index (χ2v) is 9.84. The minimum atomic E-state index is -0.661. The van der Waals surface area contributed by atoms with E-state index >= 15 is 0 Å². The molecule has 2 aromatic heterocycles. The van der Waals surface area contributed by atoms with Crippen LogP contribution in [0.25, 0.3) is 6.08 Å². The van der Waals surface area contributed by atoms with Gasteiger partial charge in [-0.1, -0.05) is 41.7 Å². The lowest BCUT2D eigenvalue weighted by Crippen LogP contribution is -2.40. The van der Waals surface area contributed by atoms with Crippen molar-refractivity contribution in [1.29, 1.82) is 0 Å². The standard InChI is InChI=1S/C27H22BrN3O4S/c1-3-34-19-11-9-17(10-12-19)24-23(25(32)30-18-7-5-4-6-8-18)16(2)29-27-31(24)26(33)21(36-27)15-20-13-14-22(28)35-20/h4-15,24H,3H2,1-2H3,(H,30,32)/b21-15-/t24-/m0/s1. The molecule has 36 heavy (non-hydrogen) atoms. The Morgan fingerprint density at radius 3 is 2.58 bits per heavy atom. The number of halogens is 1. The van der Waals surface area contributed by atoms with Gasteiger partial charge in [-0.15, -0.1) is 0 Å². The number of para-hydroxylation sites is 1. The summed E-state index contributed by atoms with van der Waals surface area (Å²) in [5, 5.41) is 2.95. The largest absolute Gasteiger partial charge is 0.494 e. The van der Waals surface area contributed by atoms with Crippen molar-refractivity contribution in [2.75, 3.05) is 11.9 Å². The van der Waals surface area contributed by atoms with E-state index < -0.39 is 6.04 Å². The van der Waals surface area contributed by atoms with Crippen LogP contribution in [0.4, 0.5) is 5.69 Å². The number of benzene rings is 2. The third kappa shape index (κ3) is 4.72. The number of ether oxygens (including phenoxy) is 1. The van der Waals surface area contributed by atoms with E-state index in [0.717, 1.165) is 5.56 Å². The van der Waals surface area contributed by atoms with Crippen molar-refractivity contribution in [1.82, 2.24) is 4.57 Å². The van der Waals surface area contributed by atoms with Crippen LogP contribution in [0.1, 0.15) is 31.2 Å². The predicted octanol–water partition coefficient (Wildman–Crippen LogP) is 4.63. The van der Waals surface area contributed by atoms with Gasteiger partial charge in [0.15, 0.2) is 9.47 Å². The van der Waals surface area contributed by atoms with Gasteiger partial charge in [0, 0.05) is 11.8 Å². The maximum atomic E-state index is 13.7. The first-order chi connectivity index (χ1) is 17.4. The van der Waals surface area contributed by atoms with Gasteiger partial charge in [-0.2, -0.15) is 0 Å². The van der Waals surface area contributed by atoms with Crippen LogP contribution in [0.15, 0.2) is 96.9 Å². The lowest BCUT2D eigenvalue weighted by atomic mass is 9.95. The Morgan fingerprint density at radius 2 is 1.92 bits per heavy atom. The van der Waals surface area contributed by atoms with E-state index in [1.54, 1.807) is 29.7 Å². The molecule has 1 aliphatic rings. The monoisotopic (exact) mass is 563 g/mol. The normalized spacial score (nSPS) is 15.4. The summed E-state index contributed by atoms with van der Waals surface area (Å²) in [5.41, 5.74) is 2.15. The Labute approximate surface area is 219 Å². The fraction of sp³-hybridized carbons (Fsp3) is 0.148. The van der Waals surface area contributed by atoms with Crippen LogP contribution < -0.4 is 24.9 Å². The molecule has 0 spiro atoms. The van der Waals surface area contributed by atoms with Crippen molar-refractivity contribution >= 4 is 44.9 Å². The second-order valence-electron chi connectivity index (χ2n) is 8.05. The molecule has 1 atom stereocenters. The van der Waals surface area contributed by atoms with Gasteiger partial charge in [-0.3, -0.25) is 14.2 Å². The van der Waals surface area contributed by atoms with Crippen molar-refractivity contribution in [3.05, 3.63) is 114 Å². The molecule has 0 unspecified atom stereocenters. The number of amides is 1. The molecule has 0 fully saturated rings. The van der Waals surface area contributed by atoms with Crippen LogP contribution in [0.2, 0.25) is 0 Å². The van der Waals surface area contributed by atoms with Crippen molar-refractivity contribution in [3.8, 4) is 5.75 Å². The van der Waals surface area contributed by atoms with Crippen molar-refractivity contribution in [2.45, 2.75) is 19.9 Å². The zero-order valence-corrected chi connectivity index (χ0v) is 21.9. The van der Waals surface area contributed by atoms with Gasteiger partial charge < -0.3 is 14.5 Å². The molecule has 9 heteroatoms. The summed E-state index contributed by atoms with van der Waals surface area (Å²) in [6, 6.07) is 19.5. The molecule has 5 rings (SSSR count). The molecule has 7 nitrogen and oxygen atoms in total. The van der Waals surface area contributed by atoms with E-state index in [1.165, 1.54) is 11.3 Å². The zero-order chi connectivity index (χ0) is 25.2. The lowest BCUT2D eigenvalue weighted by molar-refractivity contribution is -0.113. The van der Waals surface area contributed by atoms with Gasteiger partial charge in [0.25, 0.3) is 11.5 Å². The highest BCUT2D eigenvalue weighted by molar-refractivity contribution is 9.10. The van der Waals surface area contributed by atoms with Crippen LogP contribution >= 0.6 is 27.3 Å². The van der Waals surface area contributed by atoms with E-state index in [1.807, 2.05) is 61.5 Å². The van der Waals surface area contributed by atoms with Crippen molar-refractivity contribution in [2.24, 2.45) is 4.99 Å².